The maximum atomic E-state index is 6.15. The van der Waals surface area contributed by atoms with Crippen molar-refractivity contribution < 1.29 is 0 Å². The molecule has 1 unspecified atom stereocenters. The molecule has 1 aliphatic rings. The van der Waals surface area contributed by atoms with Crippen LogP contribution in [-0.4, -0.2) is 61.0 Å². The van der Waals surface area contributed by atoms with E-state index in [9.17, 15) is 0 Å². The molecule has 2 rings (SSSR count). The zero-order valence-electron chi connectivity index (χ0n) is 13.2. The summed E-state index contributed by atoms with van der Waals surface area (Å²) in [6.45, 7) is 4.83. The Hall–Kier alpha value is -1.20. The molecule has 4 nitrogen and oxygen atoms in total. The predicted molar refractivity (Wildman–Crippen MR) is 93.0 cm³/mol. The minimum absolute atomic E-state index is 0.267. The minimum Gasteiger partial charge on any atom is -0.370 e. The molecule has 0 bridgehead atoms. The summed E-state index contributed by atoms with van der Waals surface area (Å²) < 4.78 is 0. The Labute approximate surface area is 132 Å². The molecule has 0 spiro atoms. The highest BCUT2D eigenvalue weighted by atomic mass is 32.2. The normalized spacial score (nSPS) is 18.1. The van der Waals surface area contributed by atoms with Gasteiger partial charge < -0.3 is 15.5 Å². The highest BCUT2D eigenvalue weighted by Gasteiger charge is 2.16. The number of rotatable bonds is 4. The van der Waals surface area contributed by atoms with Crippen molar-refractivity contribution >= 4 is 17.7 Å². The first kappa shape index (κ1) is 16.2. The van der Waals surface area contributed by atoms with Gasteiger partial charge in [-0.25, -0.2) is 0 Å². The van der Waals surface area contributed by atoms with Crippen LogP contribution in [0.15, 0.2) is 29.3 Å². The number of guanidine groups is 1. The van der Waals surface area contributed by atoms with Crippen LogP contribution in [0.1, 0.15) is 17.2 Å². The Balaban J connectivity index is 2.04. The average Bonchev–Trinajstić information content (AvgIpc) is 2.49. The van der Waals surface area contributed by atoms with Crippen LogP contribution in [0.3, 0.4) is 0 Å². The summed E-state index contributed by atoms with van der Waals surface area (Å²) in [5.74, 6) is 2.98. The van der Waals surface area contributed by atoms with E-state index in [-0.39, 0.29) is 6.04 Å². The number of likely N-dealkylation sites (N-methyl/N-ethyl adjacent to an activating group) is 1. The molecule has 1 atom stereocenters. The fourth-order valence-electron chi connectivity index (χ4n) is 2.43. The second kappa shape index (κ2) is 7.71. The third-order valence-electron chi connectivity index (χ3n) is 3.85. The van der Waals surface area contributed by atoms with Crippen LogP contribution < -0.4 is 5.73 Å². The van der Waals surface area contributed by atoms with Gasteiger partial charge in [0.1, 0.15) is 0 Å². The maximum absolute atomic E-state index is 6.15. The van der Waals surface area contributed by atoms with Gasteiger partial charge >= 0.3 is 0 Å². The average molecular weight is 306 g/mol. The van der Waals surface area contributed by atoms with Crippen molar-refractivity contribution in [2.45, 2.75) is 13.0 Å². The summed E-state index contributed by atoms with van der Waals surface area (Å²) in [6, 6.07) is 8.94. The van der Waals surface area contributed by atoms with E-state index < -0.39 is 0 Å². The van der Waals surface area contributed by atoms with Gasteiger partial charge in [0.2, 0.25) is 0 Å². The van der Waals surface area contributed by atoms with E-state index in [2.05, 4.69) is 60.1 Å². The first-order valence-corrected chi connectivity index (χ1v) is 8.59. The van der Waals surface area contributed by atoms with E-state index in [1.165, 1.54) is 11.1 Å². The van der Waals surface area contributed by atoms with Gasteiger partial charge in [-0.1, -0.05) is 29.8 Å². The van der Waals surface area contributed by atoms with E-state index in [4.69, 9.17) is 5.73 Å². The molecule has 1 aromatic rings. The van der Waals surface area contributed by atoms with Gasteiger partial charge in [-0.15, -0.1) is 0 Å². The van der Waals surface area contributed by atoms with E-state index in [0.29, 0.717) is 12.5 Å². The third kappa shape index (κ3) is 4.64. The summed E-state index contributed by atoms with van der Waals surface area (Å²) in [5.41, 5.74) is 8.72. The van der Waals surface area contributed by atoms with Crippen LogP contribution in [0.4, 0.5) is 0 Å². The molecular formula is C16H26N4S. The Bertz CT molecular complexity index is 464. The van der Waals surface area contributed by atoms with Gasteiger partial charge in [0, 0.05) is 24.6 Å². The van der Waals surface area contributed by atoms with Crippen molar-refractivity contribution in [1.82, 2.24) is 9.80 Å². The Morgan fingerprint density at radius 3 is 2.48 bits per heavy atom. The van der Waals surface area contributed by atoms with Gasteiger partial charge in [0.25, 0.3) is 0 Å². The maximum Gasteiger partial charge on any atom is 0.191 e. The fourth-order valence-corrected chi connectivity index (χ4v) is 3.33. The molecule has 0 aromatic heterocycles. The molecule has 0 radical (unpaired) electrons. The molecule has 1 aromatic carbocycles. The third-order valence-corrected chi connectivity index (χ3v) is 4.79. The Morgan fingerprint density at radius 1 is 1.29 bits per heavy atom. The van der Waals surface area contributed by atoms with Crippen LogP contribution in [0, 0.1) is 6.92 Å². The number of thioether (sulfide) groups is 1. The van der Waals surface area contributed by atoms with Crippen molar-refractivity contribution in [3.05, 3.63) is 35.4 Å². The lowest BCUT2D eigenvalue weighted by molar-refractivity contribution is 0.305. The quantitative estimate of drug-likeness (QED) is 0.682. The number of hydrogen-bond acceptors (Lipinski definition) is 3. The highest BCUT2D eigenvalue weighted by molar-refractivity contribution is 7.99. The summed E-state index contributed by atoms with van der Waals surface area (Å²) in [6.07, 6.45) is 0. The van der Waals surface area contributed by atoms with E-state index in [1.807, 2.05) is 11.8 Å². The lowest BCUT2D eigenvalue weighted by Crippen LogP contribution is -2.43. The van der Waals surface area contributed by atoms with Gasteiger partial charge in [0.05, 0.1) is 12.6 Å². The molecular weight excluding hydrogens is 280 g/mol. The molecule has 1 saturated heterocycles. The van der Waals surface area contributed by atoms with Crippen LogP contribution in [0.5, 0.6) is 0 Å². The lowest BCUT2D eigenvalue weighted by atomic mass is 10.0. The van der Waals surface area contributed by atoms with Crippen LogP contribution in [-0.2, 0) is 0 Å². The van der Waals surface area contributed by atoms with E-state index in [0.717, 1.165) is 24.6 Å². The van der Waals surface area contributed by atoms with Crippen LogP contribution >= 0.6 is 11.8 Å². The second-order valence-electron chi connectivity index (χ2n) is 5.69. The van der Waals surface area contributed by atoms with Crippen LogP contribution in [0.25, 0.3) is 0 Å². The van der Waals surface area contributed by atoms with Crippen molar-refractivity contribution in [3.8, 4) is 0 Å². The number of nitrogens with zero attached hydrogens (tertiary/aromatic N) is 3. The zero-order chi connectivity index (χ0) is 15.2. The molecule has 2 N–H and O–H groups in total. The number of nitrogens with two attached hydrogens (primary N) is 1. The van der Waals surface area contributed by atoms with Gasteiger partial charge in [-0.2, -0.15) is 11.8 Å². The fraction of sp³-hybridized carbons (Fsp3) is 0.562. The van der Waals surface area contributed by atoms with Crippen LogP contribution in [0.2, 0.25) is 0 Å². The van der Waals surface area contributed by atoms with Crippen molar-refractivity contribution in [3.63, 3.8) is 0 Å². The van der Waals surface area contributed by atoms with Crippen molar-refractivity contribution in [2.24, 2.45) is 10.7 Å². The minimum atomic E-state index is 0.267. The lowest BCUT2D eigenvalue weighted by Gasteiger charge is -2.28. The molecule has 21 heavy (non-hydrogen) atoms. The first-order chi connectivity index (χ1) is 10.1. The SMILES string of the molecule is Cc1ccc(C(CN=C(N)N2CCSCC2)N(C)C)cc1. The van der Waals surface area contributed by atoms with E-state index in [1.54, 1.807) is 0 Å². The Morgan fingerprint density at radius 2 is 1.90 bits per heavy atom. The molecule has 5 heteroatoms. The summed E-state index contributed by atoms with van der Waals surface area (Å²) in [7, 11) is 4.18. The number of aryl methyl sites for hydroxylation is 1. The molecule has 0 saturated carbocycles. The topological polar surface area (TPSA) is 44.9 Å². The largest absolute Gasteiger partial charge is 0.370 e. The zero-order valence-corrected chi connectivity index (χ0v) is 14.1. The standard InChI is InChI=1S/C16H26N4S/c1-13-4-6-14(7-5-13)15(19(2)3)12-18-16(17)20-8-10-21-11-9-20/h4-7,15H,8-12H2,1-3H3,(H2,17,18). The van der Waals surface area contributed by atoms with E-state index >= 15 is 0 Å². The molecule has 0 aliphatic carbocycles. The monoisotopic (exact) mass is 306 g/mol. The summed E-state index contributed by atoms with van der Waals surface area (Å²) in [5, 5.41) is 0. The first-order valence-electron chi connectivity index (χ1n) is 7.43. The van der Waals surface area contributed by atoms with Crippen molar-refractivity contribution in [1.29, 1.82) is 0 Å². The van der Waals surface area contributed by atoms with Gasteiger partial charge in [-0.05, 0) is 26.6 Å². The highest BCUT2D eigenvalue weighted by Crippen LogP contribution is 2.19. The smallest absolute Gasteiger partial charge is 0.191 e. The summed E-state index contributed by atoms with van der Waals surface area (Å²) >= 11 is 1.98. The molecule has 116 valence electrons. The van der Waals surface area contributed by atoms with Crippen molar-refractivity contribution in [2.75, 3.05) is 45.2 Å². The number of hydrogen-bond donors (Lipinski definition) is 1. The number of aliphatic imine (C=N–C) groups is 1. The molecule has 1 heterocycles. The molecule has 0 amide bonds. The Kier molecular flexibility index (Phi) is 5.94. The van der Waals surface area contributed by atoms with Gasteiger partial charge in [-0.3, -0.25) is 4.99 Å². The number of benzene rings is 1. The molecule has 1 aliphatic heterocycles. The van der Waals surface area contributed by atoms with Gasteiger partial charge in [0.15, 0.2) is 5.96 Å². The molecule has 1 fully saturated rings. The second-order valence-corrected chi connectivity index (χ2v) is 6.91. The predicted octanol–water partition coefficient (Wildman–Crippen LogP) is 1.96. The summed E-state index contributed by atoms with van der Waals surface area (Å²) in [4.78, 5) is 9.03.